The third kappa shape index (κ3) is 7.76. The minimum Gasteiger partial charge on any atom is -0.497 e. The maximum absolute atomic E-state index is 13.5. The molecule has 1 atom stereocenters. The second-order valence-corrected chi connectivity index (χ2v) is 10.7. The standard InChI is InChI=1S/C25H35N3O5S/c1-18(2)15-26-25(30)20(4)27(16-21-9-7-8-19(3)14-21)24(29)17-28(34(6,31)32)22-10-12-23(33-5)13-11-22/h7-14,18,20H,15-17H2,1-6H3,(H,26,30). The third-order valence-electron chi connectivity index (χ3n) is 5.33. The molecule has 2 amide bonds. The van der Waals surface area contributed by atoms with Gasteiger partial charge in [0.1, 0.15) is 18.3 Å². The maximum Gasteiger partial charge on any atom is 0.244 e. The lowest BCUT2D eigenvalue weighted by molar-refractivity contribution is -0.139. The molecule has 0 radical (unpaired) electrons. The Bertz CT molecular complexity index is 1080. The van der Waals surface area contributed by atoms with Gasteiger partial charge in [-0.15, -0.1) is 0 Å². The van der Waals surface area contributed by atoms with Crippen molar-refractivity contribution >= 4 is 27.5 Å². The summed E-state index contributed by atoms with van der Waals surface area (Å²) in [5.41, 5.74) is 2.22. The van der Waals surface area contributed by atoms with E-state index in [9.17, 15) is 18.0 Å². The van der Waals surface area contributed by atoms with Gasteiger partial charge in [0.05, 0.1) is 19.1 Å². The van der Waals surface area contributed by atoms with E-state index in [-0.39, 0.29) is 18.4 Å². The van der Waals surface area contributed by atoms with Crippen molar-refractivity contribution in [1.82, 2.24) is 10.2 Å². The van der Waals surface area contributed by atoms with Gasteiger partial charge in [-0.1, -0.05) is 43.7 Å². The van der Waals surface area contributed by atoms with Crippen LogP contribution < -0.4 is 14.4 Å². The van der Waals surface area contributed by atoms with Crippen molar-refractivity contribution in [2.75, 3.05) is 30.8 Å². The molecule has 0 aliphatic rings. The zero-order chi connectivity index (χ0) is 25.5. The molecule has 1 unspecified atom stereocenters. The van der Waals surface area contributed by atoms with Crippen LogP contribution in [0, 0.1) is 12.8 Å². The van der Waals surface area contributed by atoms with Crippen molar-refractivity contribution in [3.05, 3.63) is 59.7 Å². The fourth-order valence-corrected chi connectivity index (χ4v) is 4.25. The molecule has 0 saturated heterocycles. The van der Waals surface area contributed by atoms with Crippen LogP contribution >= 0.6 is 0 Å². The highest BCUT2D eigenvalue weighted by Crippen LogP contribution is 2.22. The van der Waals surface area contributed by atoms with Crippen molar-refractivity contribution < 1.29 is 22.7 Å². The summed E-state index contributed by atoms with van der Waals surface area (Å²) < 4.78 is 31.3. The van der Waals surface area contributed by atoms with Crippen LogP contribution in [0.3, 0.4) is 0 Å². The van der Waals surface area contributed by atoms with Gasteiger partial charge in [-0.2, -0.15) is 0 Å². The molecule has 0 saturated carbocycles. The second-order valence-electron chi connectivity index (χ2n) is 8.79. The minimum atomic E-state index is -3.77. The number of carbonyl (C=O) groups is 2. The number of nitrogens with one attached hydrogen (secondary N) is 1. The number of ether oxygens (including phenoxy) is 1. The Morgan fingerprint density at radius 2 is 1.71 bits per heavy atom. The fourth-order valence-electron chi connectivity index (χ4n) is 3.40. The molecule has 9 heteroatoms. The van der Waals surface area contributed by atoms with Crippen molar-refractivity contribution in [1.29, 1.82) is 0 Å². The highest BCUT2D eigenvalue weighted by Gasteiger charge is 2.30. The highest BCUT2D eigenvalue weighted by molar-refractivity contribution is 7.92. The van der Waals surface area contributed by atoms with Crippen LogP contribution in [0.25, 0.3) is 0 Å². The fraction of sp³-hybridized carbons (Fsp3) is 0.440. The number of aryl methyl sites for hydroxylation is 1. The summed E-state index contributed by atoms with van der Waals surface area (Å²) in [5.74, 6) is 0.0629. The zero-order valence-corrected chi connectivity index (χ0v) is 21.6. The van der Waals surface area contributed by atoms with Crippen LogP contribution in [0.15, 0.2) is 48.5 Å². The van der Waals surface area contributed by atoms with E-state index in [1.54, 1.807) is 31.2 Å². The van der Waals surface area contributed by atoms with Gasteiger partial charge in [-0.25, -0.2) is 8.42 Å². The summed E-state index contributed by atoms with van der Waals surface area (Å²) in [4.78, 5) is 27.7. The van der Waals surface area contributed by atoms with Gasteiger partial charge in [0.2, 0.25) is 21.8 Å². The summed E-state index contributed by atoms with van der Waals surface area (Å²) in [6.45, 7) is 7.80. The van der Waals surface area contributed by atoms with Crippen LogP contribution in [0.5, 0.6) is 5.75 Å². The van der Waals surface area contributed by atoms with E-state index in [4.69, 9.17) is 4.74 Å². The summed E-state index contributed by atoms with van der Waals surface area (Å²) in [5, 5.41) is 2.86. The highest BCUT2D eigenvalue weighted by atomic mass is 32.2. The average Bonchev–Trinajstić information content (AvgIpc) is 2.78. The van der Waals surface area contributed by atoms with Gasteiger partial charge in [-0.3, -0.25) is 13.9 Å². The van der Waals surface area contributed by atoms with Crippen LogP contribution in [-0.2, 0) is 26.2 Å². The van der Waals surface area contributed by atoms with Crippen molar-refractivity contribution in [3.63, 3.8) is 0 Å². The lowest BCUT2D eigenvalue weighted by atomic mass is 10.1. The molecule has 1 N–H and O–H groups in total. The number of hydrogen-bond donors (Lipinski definition) is 1. The molecule has 0 fully saturated rings. The molecule has 2 rings (SSSR count). The van der Waals surface area contributed by atoms with Crippen LogP contribution in [-0.4, -0.2) is 57.6 Å². The summed E-state index contributed by atoms with van der Waals surface area (Å²) in [6.07, 6.45) is 1.05. The number of amides is 2. The number of rotatable bonds is 11. The molecule has 0 aromatic heterocycles. The van der Waals surface area contributed by atoms with E-state index >= 15 is 0 Å². The number of carbonyl (C=O) groups excluding carboxylic acids is 2. The van der Waals surface area contributed by atoms with E-state index in [1.807, 2.05) is 45.0 Å². The van der Waals surface area contributed by atoms with Gasteiger partial charge in [-0.05, 0) is 49.6 Å². The molecule has 0 aliphatic carbocycles. The first-order chi connectivity index (χ1) is 15.9. The summed E-state index contributed by atoms with van der Waals surface area (Å²) in [7, 11) is -2.25. The van der Waals surface area contributed by atoms with Crippen LogP contribution in [0.2, 0.25) is 0 Å². The van der Waals surface area contributed by atoms with Gasteiger partial charge >= 0.3 is 0 Å². The molecular formula is C25H35N3O5S. The minimum absolute atomic E-state index is 0.178. The largest absolute Gasteiger partial charge is 0.497 e. The Balaban J connectivity index is 2.35. The number of benzene rings is 2. The summed E-state index contributed by atoms with van der Waals surface area (Å²) >= 11 is 0. The van der Waals surface area contributed by atoms with Gasteiger partial charge < -0.3 is 15.0 Å². The van der Waals surface area contributed by atoms with E-state index in [2.05, 4.69) is 5.32 Å². The SMILES string of the molecule is COc1ccc(N(CC(=O)N(Cc2cccc(C)c2)C(C)C(=O)NCC(C)C)S(C)(=O)=O)cc1. The molecule has 0 bridgehead atoms. The van der Waals surface area contributed by atoms with Crippen LogP contribution in [0.4, 0.5) is 5.69 Å². The van der Waals surface area contributed by atoms with Crippen molar-refractivity contribution in [2.45, 2.75) is 40.3 Å². The Hall–Kier alpha value is -3.07. The number of hydrogen-bond acceptors (Lipinski definition) is 5. The Morgan fingerprint density at radius 1 is 1.06 bits per heavy atom. The molecule has 0 aliphatic heterocycles. The van der Waals surface area contributed by atoms with E-state index in [0.29, 0.717) is 18.0 Å². The smallest absolute Gasteiger partial charge is 0.244 e. The molecule has 2 aromatic rings. The van der Waals surface area contributed by atoms with Crippen LogP contribution in [0.1, 0.15) is 31.9 Å². The van der Waals surface area contributed by atoms with Crippen molar-refractivity contribution in [3.8, 4) is 5.75 Å². The molecule has 0 spiro atoms. The number of nitrogens with zero attached hydrogens (tertiary/aromatic N) is 2. The van der Waals surface area contributed by atoms with E-state index in [1.165, 1.54) is 12.0 Å². The normalized spacial score (nSPS) is 12.2. The maximum atomic E-state index is 13.5. The molecule has 2 aromatic carbocycles. The van der Waals surface area contributed by atoms with Crippen molar-refractivity contribution in [2.24, 2.45) is 5.92 Å². The Morgan fingerprint density at radius 3 is 2.24 bits per heavy atom. The predicted molar refractivity (Wildman–Crippen MR) is 134 cm³/mol. The molecule has 186 valence electrons. The molecular weight excluding hydrogens is 454 g/mol. The summed E-state index contributed by atoms with van der Waals surface area (Å²) in [6, 6.07) is 13.3. The van der Waals surface area contributed by atoms with Gasteiger partial charge in [0.25, 0.3) is 0 Å². The van der Waals surface area contributed by atoms with Gasteiger partial charge in [0, 0.05) is 13.1 Å². The lowest BCUT2D eigenvalue weighted by Crippen LogP contribution is -2.51. The number of anilines is 1. The predicted octanol–water partition coefficient (Wildman–Crippen LogP) is 2.96. The zero-order valence-electron chi connectivity index (χ0n) is 20.7. The van der Waals surface area contributed by atoms with E-state index < -0.39 is 28.5 Å². The third-order valence-corrected chi connectivity index (χ3v) is 6.47. The molecule has 34 heavy (non-hydrogen) atoms. The van der Waals surface area contributed by atoms with E-state index in [0.717, 1.165) is 21.7 Å². The lowest BCUT2D eigenvalue weighted by Gasteiger charge is -2.31. The number of sulfonamides is 1. The second kappa shape index (κ2) is 11.9. The number of methoxy groups -OCH3 is 1. The molecule has 0 heterocycles. The Kier molecular flexibility index (Phi) is 9.49. The monoisotopic (exact) mass is 489 g/mol. The molecule has 8 nitrogen and oxygen atoms in total. The quantitative estimate of drug-likeness (QED) is 0.524. The average molecular weight is 490 g/mol. The van der Waals surface area contributed by atoms with Gasteiger partial charge in [0.15, 0.2) is 0 Å². The first-order valence-electron chi connectivity index (χ1n) is 11.2. The first kappa shape index (κ1) is 27.2. The first-order valence-corrected chi connectivity index (χ1v) is 13.0. The Labute approximate surface area is 202 Å². The topological polar surface area (TPSA) is 96.0 Å².